The lowest BCUT2D eigenvalue weighted by Gasteiger charge is -2.32. The molecule has 0 aromatic heterocycles. The second-order valence-corrected chi connectivity index (χ2v) is 8.32. The molecule has 4 rings (SSSR count). The number of likely N-dealkylation sites (tertiary alicyclic amines) is 1. The maximum absolute atomic E-state index is 11.3. The summed E-state index contributed by atoms with van der Waals surface area (Å²) in [6, 6.07) is 14.8. The fraction of sp³-hybridized carbons (Fsp3) is 0.435. The molecule has 2 heterocycles. The fourth-order valence-electron chi connectivity index (χ4n) is 4.54. The van der Waals surface area contributed by atoms with E-state index >= 15 is 0 Å². The van der Waals surface area contributed by atoms with Crippen LogP contribution in [0.25, 0.3) is 0 Å². The summed E-state index contributed by atoms with van der Waals surface area (Å²) < 4.78 is 0. The molecule has 4 nitrogen and oxygen atoms in total. The van der Waals surface area contributed by atoms with Crippen molar-refractivity contribution in [3.63, 3.8) is 0 Å². The number of benzene rings is 2. The molecule has 0 unspecified atom stereocenters. The molecule has 1 atom stereocenters. The molecule has 2 aliphatic heterocycles. The molecule has 0 aliphatic carbocycles. The Morgan fingerprint density at radius 1 is 1.07 bits per heavy atom. The lowest BCUT2D eigenvalue weighted by Crippen LogP contribution is -2.39. The van der Waals surface area contributed by atoms with E-state index in [-0.39, 0.29) is 18.3 Å². The SMILES string of the molecule is Cl.O=C(O)[C@@H]1CCCN(CCCN2c3ccccc3CCc3ccc(Cl)cc32)C1. The Morgan fingerprint density at radius 2 is 1.83 bits per heavy atom. The number of aliphatic carboxylic acids is 1. The van der Waals surface area contributed by atoms with Crippen molar-refractivity contribution in [1.29, 1.82) is 0 Å². The predicted octanol–water partition coefficient (Wildman–Crippen LogP) is 5.19. The maximum Gasteiger partial charge on any atom is 0.307 e. The Morgan fingerprint density at radius 3 is 2.62 bits per heavy atom. The lowest BCUT2D eigenvalue weighted by molar-refractivity contribution is -0.143. The summed E-state index contributed by atoms with van der Waals surface area (Å²) in [6.07, 6.45) is 4.83. The molecule has 2 aromatic carbocycles. The van der Waals surface area contributed by atoms with Gasteiger partial charge in [-0.25, -0.2) is 0 Å². The number of rotatable bonds is 5. The Bertz CT molecular complexity index is 859. The van der Waals surface area contributed by atoms with Crippen LogP contribution in [0, 0.1) is 5.92 Å². The standard InChI is InChI=1S/C23H27ClN2O2.ClH/c24-20-11-10-18-9-8-17-5-1-2-7-21(17)26(22(18)15-20)14-4-13-25-12-3-6-19(16-25)23(27)28;/h1-2,5,7,10-11,15,19H,3-4,6,8-9,12-14,16H2,(H,27,28);1H/t19-;/m1./s1. The van der Waals surface area contributed by atoms with E-state index in [2.05, 4.69) is 46.2 Å². The summed E-state index contributed by atoms with van der Waals surface area (Å²) in [6.45, 7) is 3.51. The van der Waals surface area contributed by atoms with Crippen molar-refractivity contribution in [3.05, 3.63) is 58.6 Å². The Balaban J connectivity index is 0.00000240. The third-order valence-corrected chi connectivity index (χ3v) is 6.23. The number of piperidine rings is 1. The van der Waals surface area contributed by atoms with Crippen LogP contribution in [-0.4, -0.2) is 42.2 Å². The lowest BCUT2D eigenvalue weighted by atomic mass is 9.98. The molecule has 6 heteroatoms. The minimum Gasteiger partial charge on any atom is -0.481 e. The molecule has 1 fully saturated rings. The second-order valence-electron chi connectivity index (χ2n) is 7.88. The van der Waals surface area contributed by atoms with E-state index in [1.165, 1.54) is 22.5 Å². The van der Waals surface area contributed by atoms with Crippen molar-refractivity contribution in [1.82, 2.24) is 4.90 Å². The van der Waals surface area contributed by atoms with E-state index in [9.17, 15) is 9.90 Å². The number of halogens is 2. The molecule has 0 radical (unpaired) electrons. The molecule has 29 heavy (non-hydrogen) atoms. The smallest absolute Gasteiger partial charge is 0.307 e. The number of aryl methyl sites for hydroxylation is 2. The van der Waals surface area contributed by atoms with Crippen LogP contribution in [0.4, 0.5) is 11.4 Å². The van der Waals surface area contributed by atoms with E-state index in [0.29, 0.717) is 6.54 Å². The molecular weight excluding hydrogens is 407 g/mol. The summed E-state index contributed by atoms with van der Waals surface area (Å²) in [5.74, 6) is -0.873. The zero-order valence-corrected chi connectivity index (χ0v) is 18.1. The average molecular weight is 435 g/mol. The number of para-hydroxylation sites is 1. The van der Waals surface area contributed by atoms with Gasteiger partial charge in [0.15, 0.2) is 0 Å². The van der Waals surface area contributed by atoms with Crippen molar-refractivity contribution >= 4 is 41.4 Å². The second kappa shape index (κ2) is 9.84. The highest BCUT2D eigenvalue weighted by molar-refractivity contribution is 6.30. The predicted molar refractivity (Wildman–Crippen MR) is 121 cm³/mol. The van der Waals surface area contributed by atoms with Crippen LogP contribution in [-0.2, 0) is 17.6 Å². The number of carbonyl (C=O) groups is 1. The monoisotopic (exact) mass is 434 g/mol. The van der Waals surface area contributed by atoms with Gasteiger partial charge in [-0.1, -0.05) is 35.9 Å². The van der Waals surface area contributed by atoms with Gasteiger partial charge in [-0.15, -0.1) is 12.4 Å². The molecule has 1 N–H and O–H groups in total. The minimum atomic E-state index is -0.658. The van der Waals surface area contributed by atoms with Crippen LogP contribution >= 0.6 is 24.0 Å². The van der Waals surface area contributed by atoms with Crippen LogP contribution in [0.2, 0.25) is 5.02 Å². The molecule has 0 spiro atoms. The highest BCUT2D eigenvalue weighted by Gasteiger charge is 2.25. The largest absolute Gasteiger partial charge is 0.481 e. The summed E-state index contributed by atoms with van der Waals surface area (Å²) in [5.41, 5.74) is 5.19. The van der Waals surface area contributed by atoms with Gasteiger partial charge >= 0.3 is 5.97 Å². The third kappa shape index (κ3) is 5.06. The number of nitrogens with zero attached hydrogens (tertiary/aromatic N) is 2. The van der Waals surface area contributed by atoms with Gasteiger partial charge in [0.2, 0.25) is 0 Å². The number of hydrogen-bond acceptors (Lipinski definition) is 3. The van der Waals surface area contributed by atoms with Crippen LogP contribution < -0.4 is 4.90 Å². The highest BCUT2D eigenvalue weighted by atomic mass is 35.5. The first-order valence-electron chi connectivity index (χ1n) is 10.2. The van der Waals surface area contributed by atoms with Gasteiger partial charge in [-0.05, 0) is 74.5 Å². The fourth-order valence-corrected chi connectivity index (χ4v) is 4.70. The summed E-state index contributed by atoms with van der Waals surface area (Å²) in [4.78, 5) is 16.0. The minimum absolute atomic E-state index is 0. The average Bonchev–Trinajstić information content (AvgIpc) is 2.85. The number of anilines is 2. The maximum atomic E-state index is 11.3. The molecule has 0 saturated carbocycles. The van der Waals surface area contributed by atoms with E-state index in [4.69, 9.17) is 11.6 Å². The quantitative estimate of drug-likeness (QED) is 0.703. The van der Waals surface area contributed by atoms with Crippen molar-refractivity contribution < 1.29 is 9.90 Å². The first kappa shape index (κ1) is 21.9. The Hall–Kier alpha value is -1.75. The highest BCUT2D eigenvalue weighted by Crippen LogP contribution is 2.37. The molecule has 1 saturated heterocycles. The van der Waals surface area contributed by atoms with E-state index in [1.54, 1.807) is 0 Å². The normalized spacial score (nSPS) is 18.9. The van der Waals surface area contributed by atoms with E-state index in [0.717, 1.165) is 56.8 Å². The Kier molecular flexibility index (Phi) is 7.44. The van der Waals surface area contributed by atoms with Gasteiger partial charge in [0.05, 0.1) is 5.92 Å². The Labute approximate surface area is 183 Å². The first-order chi connectivity index (χ1) is 13.6. The number of carboxylic acid groups (broad SMARTS) is 1. The van der Waals surface area contributed by atoms with E-state index < -0.39 is 5.97 Å². The van der Waals surface area contributed by atoms with Crippen LogP contribution in [0.5, 0.6) is 0 Å². The van der Waals surface area contributed by atoms with Gasteiger partial charge in [0.1, 0.15) is 0 Å². The topological polar surface area (TPSA) is 43.8 Å². The molecular formula is C23H28Cl2N2O2. The molecule has 0 bridgehead atoms. The molecule has 2 aromatic rings. The van der Waals surface area contributed by atoms with Crippen molar-refractivity contribution in [3.8, 4) is 0 Å². The number of carboxylic acids is 1. The summed E-state index contributed by atoms with van der Waals surface area (Å²) >= 11 is 6.33. The summed E-state index contributed by atoms with van der Waals surface area (Å²) in [5, 5.41) is 10.1. The van der Waals surface area contributed by atoms with Crippen LogP contribution in [0.15, 0.2) is 42.5 Å². The van der Waals surface area contributed by atoms with Gasteiger partial charge in [-0.2, -0.15) is 0 Å². The van der Waals surface area contributed by atoms with Crippen LogP contribution in [0.1, 0.15) is 30.4 Å². The van der Waals surface area contributed by atoms with Gasteiger partial charge in [0.25, 0.3) is 0 Å². The van der Waals surface area contributed by atoms with Crippen LogP contribution in [0.3, 0.4) is 0 Å². The van der Waals surface area contributed by atoms with Gasteiger partial charge < -0.3 is 14.9 Å². The van der Waals surface area contributed by atoms with Crippen molar-refractivity contribution in [2.75, 3.05) is 31.1 Å². The number of hydrogen-bond donors (Lipinski definition) is 1. The molecule has 156 valence electrons. The zero-order valence-electron chi connectivity index (χ0n) is 16.5. The van der Waals surface area contributed by atoms with Crippen molar-refractivity contribution in [2.45, 2.75) is 32.1 Å². The summed E-state index contributed by atoms with van der Waals surface area (Å²) in [7, 11) is 0. The molecule has 0 amide bonds. The van der Waals surface area contributed by atoms with Gasteiger partial charge in [-0.3, -0.25) is 4.79 Å². The molecule has 2 aliphatic rings. The third-order valence-electron chi connectivity index (χ3n) is 6.00. The number of fused-ring (bicyclic) bond motifs is 2. The van der Waals surface area contributed by atoms with Gasteiger partial charge in [0, 0.05) is 29.5 Å². The van der Waals surface area contributed by atoms with Crippen molar-refractivity contribution in [2.24, 2.45) is 5.92 Å². The van der Waals surface area contributed by atoms with E-state index in [1.807, 2.05) is 6.07 Å². The first-order valence-corrected chi connectivity index (χ1v) is 10.6. The zero-order chi connectivity index (χ0) is 19.5.